The minimum absolute atomic E-state index is 0.0459. The third-order valence-electron chi connectivity index (χ3n) is 5.94. The molecule has 6 nitrogen and oxygen atoms in total. The molecular formula is C23H32N4O2. The van der Waals surface area contributed by atoms with Crippen LogP contribution in [0, 0.1) is 12.8 Å². The van der Waals surface area contributed by atoms with Crippen LogP contribution in [0.15, 0.2) is 30.3 Å². The second-order valence-electron chi connectivity index (χ2n) is 8.27. The van der Waals surface area contributed by atoms with E-state index in [1.54, 1.807) is 6.92 Å². The summed E-state index contributed by atoms with van der Waals surface area (Å²) >= 11 is 0. The number of aromatic amines is 1. The maximum absolute atomic E-state index is 12.5. The predicted molar refractivity (Wildman–Crippen MR) is 115 cm³/mol. The number of nitrogens with zero attached hydrogens (tertiary/aromatic N) is 1. The van der Waals surface area contributed by atoms with Crippen molar-refractivity contribution in [1.82, 2.24) is 15.5 Å². The van der Waals surface area contributed by atoms with E-state index in [4.69, 9.17) is 0 Å². The van der Waals surface area contributed by atoms with Crippen LogP contribution in [0.3, 0.4) is 0 Å². The van der Waals surface area contributed by atoms with E-state index < -0.39 is 6.04 Å². The second-order valence-corrected chi connectivity index (χ2v) is 8.27. The summed E-state index contributed by atoms with van der Waals surface area (Å²) in [6.07, 6.45) is 6.42. The Balaban J connectivity index is 1.52. The molecular weight excluding hydrogens is 364 g/mol. The number of aromatic nitrogens is 2. The van der Waals surface area contributed by atoms with Crippen LogP contribution >= 0.6 is 0 Å². The van der Waals surface area contributed by atoms with Gasteiger partial charge in [0, 0.05) is 24.1 Å². The highest BCUT2D eigenvalue weighted by Crippen LogP contribution is 2.27. The first-order chi connectivity index (χ1) is 13.9. The molecule has 1 fully saturated rings. The van der Waals surface area contributed by atoms with Crippen LogP contribution in [0.2, 0.25) is 0 Å². The van der Waals surface area contributed by atoms with E-state index in [0.717, 1.165) is 18.5 Å². The Morgan fingerprint density at radius 1 is 1.17 bits per heavy atom. The smallest absolute Gasteiger partial charge is 0.247 e. The molecule has 1 saturated carbocycles. The molecule has 3 N–H and O–H groups in total. The fourth-order valence-electron chi connectivity index (χ4n) is 4.12. The van der Waals surface area contributed by atoms with Gasteiger partial charge in [-0.15, -0.1) is 0 Å². The summed E-state index contributed by atoms with van der Waals surface area (Å²) in [7, 11) is 0. The van der Waals surface area contributed by atoms with E-state index in [1.807, 2.05) is 18.2 Å². The lowest BCUT2D eigenvalue weighted by Crippen LogP contribution is -2.42. The number of benzene rings is 1. The number of hydrogen-bond donors (Lipinski definition) is 3. The molecule has 1 aromatic carbocycles. The molecule has 0 radical (unpaired) electrons. The van der Waals surface area contributed by atoms with Crippen LogP contribution in [0.1, 0.15) is 75.1 Å². The molecule has 0 bridgehead atoms. The van der Waals surface area contributed by atoms with Crippen molar-refractivity contribution in [3.8, 4) is 0 Å². The molecule has 1 aliphatic carbocycles. The van der Waals surface area contributed by atoms with Gasteiger partial charge in [-0.1, -0.05) is 50.5 Å². The number of hydrogen-bond acceptors (Lipinski definition) is 3. The van der Waals surface area contributed by atoms with Crippen LogP contribution in [-0.2, 0) is 9.59 Å². The summed E-state index contributed by atoms with van der Waals surface area (Å²) in [5.41, 5.74) is 3.37. The lowest BCUT2D eigenvalue weighted by molar-refractivity contribution is -0.127. The Morgan fingerprint density at radius 2 is 1.90 bits per heavy atom. The average Bonchev–Trinajstić information content (AvgIpc) is 3.17. The molecule has 6 heteroatoms. The van der Waals surface area contributed by atoms with Crippen molar-refractivity contribution in [3.63, 3.8) is 0 Å². The Hall–Kier alpha value is -2.63. The zero-order chi connectivity index (χ0) is 20.8. The first-order valence-corrected chi connectivity index (χ1v) is 10.6. The zero-order valence-electron chi connectivity index (χ0n) is 17.6. The van der Waals surface area contributed by atoms with Crippen LogP contribution in [0.5, 0.6) is 0 Å². The van der Waals surface area contributed by atoms with E-state index in [9.17, 15) is 9.59 Å². The Bertz CT molecular complexity index is 839. The maximum Gasteiger partial charge on any atom is 0.247 e. The lowest BCUT2D eigenvalue weighted by atomic mass is 9.87. The number of carbonyl (C=O) groups is 2. The number of carbonyl (C=O) groups excluding carboxylic acids is 2. The van der Waals surface area contributed by atoms with E-state index in [0.29, 0.717) is 18.2 Å². The summed E-state index contributed by atoms with van der Waals surface area (Å²) in [4.78, 5) is 24.7. The van der Waals surface area contributed by atoms with Gasteiger partial charge in [0.05, 0.1) is 0 Å². The van der Waals surface area contributed by atoms with Crippen molar-refractivity contribution >= 4 is 17.6 Å². The van der Waals surface area contributed by atoms with Crippen molar-refractivity contribution in [2.75, 3.05) is 5.32 Å². The van der Waals surface area contributed by atoms with Crippen molar-refractivity contribution < 1.29 is 9.59 Å². The Kier molecular flexibility index (Phi) is 7.07. The first kappa shape index (κ1) is 21.1. The number of rotatable bonds is 7. The van der Waals surface area contributed by atoms with Gasteiger partial charge in [0.15, 0.2) is 5.82 Å². The quantitative estimate of drug-likeness (QED) is 0.653. The molecule has 2 atom stereocenters. The van der Waals surface area contributed by atoms with Gasteiger partial charge in [-0.25, -0.2) is 0 Å². The maximum atomic E-state index is 12.5. The van der Waals surface area contributed by atoms with Crippen molar-refractivity contribution in [3.05, 3.63) is 47.2 Å². The zero-order valence-corrected chi connectivity index (χ0v) is 17.6. The van der Waals surface area contributed by atoms with E-state index >= 15 is 0 Å². The highest BCUT2D eigenvalue weighted by molar-refractivity contribution is 5.96. The molecule has 2 aromatic rings. The summed E-state index contributed by atoms with van der Waals surface area (Å²) in [6, 6.07) is 9.49. The largest absolute Gasteiger partial charge is 0.345 e. The minimum Gasteiger partial charge on any atom is -0.345 e. The van der Waals surface area contributed by atoms with Crippen molar-refractivity contribution in [2.24, 2.45) is 5.92 Å². The molecule has 1 aromatic heterocycles. The molecule has 0 aliphatic heterocycles. The first-order valence-electron chi connectivity index (χ1n) is 10.6. The molecule has 0 spiro atoms. The predicted octanol–water partition coefficient (Wildman–Crippen LogP) is 4.28. The summed E-state index contributed by atoms with van der Waals surface area (Å²) in [5.74, 6) is 0.760. The van der Waals surface area contributed by atoms with Crippen LogP contribution < -0.4 is 10.6 Å². The van der Waals surface area contributed by atoms with Crippen LogP contribution in [0.4, 0.5) is 5.82 Å². The molecule has 29 heavy (non-hydrogen) atoms. The van der Waals surface area contributed by atoms with Gasteiger partial charge in [0.1, 0.15) is 6.04 Å². The van der Waals surface area contributed by atoms with Crippen molar-refractivity contribution in [2.45, 2.75) is 71.3 Å². The molecule has 156 valence electrons. The SMILES string of the molecule is Cc1ccccc1C(C)c1cc(NC(=O)C(C)NC(=O)CC2CCCCC2)n[nH]1. The molecule has 0 saturated heterocycles. The summed E-state index contributed by atoms with van der Waals surface area (Å²) < 4.78 is 0. The fourth-order valence-corrected chi connectivity index (χ4v) is 4.12. The topological polar surface area (TPSA) is 86.9 Å². The highest BCUT2D eigenvalue weighted by atomic mass is 16.2. The summed E-state index contributed by atoms with van der Waals surface area (Å²) in [5, 5.41) is 12.9. The highest BCUT2D eigenvalue weighted by Gasteiger charge is 2.21. The summed E-state index contributed by atoms with van der Waals surface area (Å²) in [6.45, 7) is 5.90. The standard InChI is InChI=1S/C23H32N4O2/c1-15-9-7-8-12-19(15)16(2)20-14-21(27-26-20)25-23(29)17(3)24-22(28)13-18-10-5-4-6-11-18/h7-9,12,14,16-18H,4-6,10-11,13H2,1-3H3,(H,24,28)(H2,25,26,27,29). The Morgan fingerprint density at radius 3 is 2.62 bits per heavy atom. The third-order valence-corrected chi connectivity index (χ3v) is 5.94. The van der Waals surface area contributed by atoms with E-state index in [2.05, 4.69) is 46.8 Å². The minimum atomic E-state index is -0.597. The molecule has 1 heterocycles. The van der Waals surface area contributed by atoms with Gasteiger partial charge in [-0.3, -0.25) is 14.7 Å². The van der Waals surface area contributed by atoms with E-state index in [1.165, 1.54) is 30.4 Å². The van der Waals surface area contributed by atoms with Gasteiger partial charge in [0.2, 0.25) is 11.8 Å². The monoisotopic (exact) mass is 396 g/mol. The van der Waals surface area contributed by atoms with Gasteiger partial charge in [0.25, 0.3) is 0 Å². The number of anilines is 1. The molecule has 3 rings (SSSR count). The number of aryl methyl sites for hydroxylation is 1. The van der Waals surface area contributed by atoms with Crippen LogP contribution in [-0.4, -0.2) is 28.1 Å². The fraction of sp³-hybridized carbons (Fsp3) is 0.522. The average molecular weight is 397 g/mol. The van der Waals surface area contributed by atoms with Gasteiger partial charge in [-0.2, -0.15) is 5.10 Å². The van der Waals surface area contributed by atoms with Gasteiger partial charge < -0.3 is 10.6 Å². The molecule has 2 unspecified atom stereocenters. The normalized spacial score (nSPS) is 16.8. The van der Waals surface area contributed by atoms with E-state index in [-0.39, 0.29) is 17.7 Å². The number of H-pyrrole nitrogens is 1. The van der Waals surface area contributed by atoms with Crippen LogP contribution in [0.25, 0.3) is 0 Å². The number of amides is 2. The molecule has 1 aliphatic rings. The van der Waals surface area contributed by atoms with Gasteiger partial charge >= 0.3 is 0 Å². The molecule has 2 amide bonds. The third kappa shape index (κ3) is 5.68. The second kappa shape index (κ2) is 9.72. The lowest BCUT2D eigenvalue weighted by Gasteiger charge is -2.21. The van der Waals surface area contributed by atoms with Gasteiger partial charge in [-0.05, 0) is 43.7 Å². The Labute approximate surface area is 172 Å². The number of nitrogens with one attached hydrogen (secondary N) is 3. The van der Waals surface area contributed by atoms with Crippen molar-refractivity contribution in [1.29, 1.82) is 0 Å².